The molecule has 1 atom stereocenters. The van der Waals surface area contributed by atoms with Gasteiger partial charge in [0.15, 0.2) is 0 Å². The molecule has 0 saturated carbocycles. The Balaban J connectivity index is 2.33. The summed E-state index contributed by atoms with van der Waals surface area (Å²) in [6.45, 7) is 0. The van der Waals surface area contributed by atoms with Crippen LogP contribution in [0.5, 0.6) is 0 Å². The summed E-state index contributed by atoms with van der Waals surface area (Å²) in [6.07, 6.45) is 0.499. The fourth-order valence-corrected chi connectivity index (χ4v) is 2.21. The molecule has 1 aromatic rings. The van der Waals surface area contributed by atoms with Crippen LogP contribution in [0.1, 0.15) is 5.56 Å². The Labute approximate surface area is 98.6 Å². The van der Waals surface area contributed by atoms with E-state index in [1.165, 1.54) is 5.56 Å². The van der Waals surface area contributed by atoms with Crippen molar-refractivity contribution in [2.24, 2.45) is 5.73 Å². The zero-order chi connectivity index (χ0) is 11.8. The van der Waals surface area contributed by atoms with E-state index in [9.17, 15) is 9.59 Å². The third kappa shape index (κ3) is 4.35. The summed E-state index contributed by atoms with van der Waals surface area (Å²) >= 11 is 1.56. The molecule has 4 nitrogen and oxygen atoms in total. The number of nitrogens with two attached hydrogens (primary N) is 1. The average molecular weight is 238 g/mol. The summed E-state index contributed by atoms with van der Waals surface area (Å²) in [5, 5.41) is 2.39. The van der Waals surface area contributed by atoms with Crippen molar-refractivity contribution in [1.82, 2.24) is 5.32 Å². The number of rotatable bonds is 7. The van der Waals surface area contributed by atoms with Crippen molar-refractivity contribution in [3.05, 3.63) is 35.9 Å². The monoisotopic (exact) mass is 238 g/mol. The van der Waals surface area contributed by atoms with Crippen molar-refractivity contribution in [2.45, 2.75) is 11.8 Å². The molecule has 5 heteroatoms. The normalized spacial score (nSPS) is 11.8. The lowest BCUT2D eigenvalue weighted by atomic mass is 10.2. The Bertz CT molecular complexity index is 343. The summed E-state index contributed by atoms with van der Waals surface area (Å²) in [5.74, 6) is 0.779. The first-order chi connectivity index (χ1) is 7.74. The van der Waals surface area contributed by atoms with Crippen LogP contribution in [0.4, 0.5) is 0 Å². The lowest BCUT2D eigenvalue weighted by Crippen LogP contribution is -2.42. The van der Waals surface area contributed by atoms with Gasteiger partial charge < -0.3 is 11.1 Å². The van der Waals surface area contributed by atoms with E-state index >= 15 is 0 Å². The highest BCUT2D eigenvalue weighted by molar-refractivity contribution is 7.98. The van der Waals surface area contributed by atoms with Crippen molar-refractivity contribution in [2.75, 3.05) is 5.75 Å². The van der Waals surface area contributed by atoms with Crippen LogP contribution >= 0.6 is 11.8 Å². The van der Waals surface area contributed by atoms with Gasteiger partial charge in [-0.2, -0.15) is 11.8 Å². The first kappa shape index (κ1) is 12.6. The van der Waals surface area contributed by atoms with Crippen LogP contribution < -0.4 is 11.1 Å². The lowest BCUT2D eigenvalue weighted by molar-refractivity contribution is -0.122. The highest BCUT2D eigenvalue weighted by atomic mass is 32.2. The minimum atomic E-state index is -0.591. The van der Waals surface area contributed by atoms with Gasteiger partial charge in [-0.3, -0.25) is 9.59 Å². The Hall–Kier alpha value is -1.49. The maximum Gasteiger partial charge on any atom is 0.240 e. The molecule has 0 fully saturated rings. The van der Waals surface area contributed by atoms with Crippen LogP contribution in [0.25, 0.3) is 0 Å². The predicted molar refractivity (Wildman–Crippen MR) is 64.8 cm³/mol. The Morgan fingerprint density at radius 3 is 2.69 bits per heavy atom. The van der Waals surface area contributed by atoms with E-state index in [1.807, 2.05) is 30.3 Å². The lowest BCUT2D eigenvalue weighted by Gasteiger charge is -2.11. The van der Waals surface area contributed by atoms with Crippen LogP contribution in [0.2, 0.25) is 0 Å². The van der Waals surface area contributed by atoms with E-state index in [4.69, 9.17) is 5.73 Å². The maximum atomic E-state index is 10.9. The SMILES string of the molecule is NC(=O)[C@@H](CSCc1ccccc1)NC=O. The molecule has 3 N–H and O–H groups in total. The van der Waals surface area contributed by atoms with Crippen molar-refractivity contribution in [3.8, 4) is 0 Å². The number of carbonyl (C=O) groups is 2. The van der Waals surface area contributed by atoms with E-state index in [1.54, 1.807) is 11.8 Å². The van der Waals surface area contributed by atoms with Crippen molar-refractivity contribution in [3.63, 3.8) is 0 Å². The van der Waals surface area contributed by atoms with Gasteiger partial charge >= 0.3 is 0 Å². The molecule has 0 aliphatic heterocycles. The van der Waals surface area contributed by atoms with Gasteiger partial charge in [0.25, 0.3) is 0 Å². The van der Waals surface area contributed by atoms with E-state index in [-0.39, 0.29) is 0 Å². The molecule has 0 saturated heterocycles. The second-order valence-electron chi connectivity index (χ2n) is 3.24. The molecule has 0 radical (unpaired) electrons. The highest BCUT2D eigenvalue weighted by Crippen LogP contribution is 2.12. The van der Waals surface area contributed by atoms with Gasteiger partial charge in [-0.25, -0.2) is 0 Å². The number of nitrogens with one attached hydrogen (secondary N) is 1. The van der Waals surface area contributed by atoms with E-state index in [0.29, 0.717) is 12.2 Å². The molecule has 0 bridgehead atoms. The van der Waals surface area contributed by atoms with Crippen LogP contribution in [0.3, 0.4) is 0 Å². The molecule has 0 aromatic heterocycles. The molecule has 0 aliphatic rings. The zero-order valence-corrected chi connectivity index (χ0v) is 9.57. The number of amides is 2. The predicted octanol–water partition coefficient (Wildman–Crippen LogP) is 0.520. The summed E-state index contributed by atoms with van der Waals surface area (Å²) in [5.41, 5.74) is 6.31. The molecule has 16 heavy (non-hydrogen) atoms. The van der Waals surface area contributed by atoms with E-state index in [2.05, 4.69) is 5.32 Å². The van der Waals surface area contributed by atoms with Gasteiger partial charge in [0, 0.05) is 11.5 Å². The molecule has 0 unspecified atom stereocenters. The van der Waals surface area contributed by atoms with Crippen molar-refractivity contribution < 1.29 is 9.59 Å². The molecule has 1 rings (SSSR count). The Kier molecular flexibility index (Phi) is 5.42. The number of thioether (sulfide) groups is 1. The van der Waals surface area contributed by atoms with Crippen LogP contribution in [0.15, 0.2) is 30.3 Å². The molecule has 2 amide bonds. The van der Waals surface area contributed by atoms with Gasteiger partial charge in [0.05, 0.1) is 0 Å². The highest BCUT2D eigenvalue weighted by Gasteiger charge is 2.13. The van der Waals surface area contributed by atoms with Crippen LogP contribution in [-0.2, 0) is 15.3 Å². The molecular formula is C11H14N2O2S. The maximum absolute atomic E-state index is 10.9. The van der Waals surface area contributed by atoms with Gasteiger partial charge in [-0.1, -0.05) is 30.3 Å². The molecule has 0 heterocycles. The smallest absolute Gasteiger partial charge is 0.240 e. The second kappa shape index (κ2) is 6.90. The largest absolute Gasteiger partial charge is 0.368 e. The molecule has 0 spiro atoms. The van der Waals surface area contributed by atoms with Gasteiger partial charge in [-0.05, 0) is 5.56 Å². The Morgan fingerprint density at radius 2 is 2.12 bits per heavy atom. The van der Waals surface area contributed by atoms with E-state index < -0.39 is 11.9 Å². The summed E-state index contributed by atoms with van der Waals surface area (Å²) in [6, 6.07) is 9.31. The quantitative estimate of drug-likeness (QED) is 0.680. The topological polar surface area (TPSA) is 72.2 Å². The van der Waals surface area contributed by atoms with Crippen LogP contribution in [0, 0.1) is 0 Å². The Morgan fingerprint density at radius 1 is 1.44 bits per heavy atom. The number of benzene rings is 1. The fraction of sp³-hybridized carbons (Fsp3) is 0.273. The third-order valence-electron chi connectivity index (χ3n) is 2.01. The third-order valence-corrected chi connectivity index (χ3v) is 3.12. The van der Waals surface area contributed by atoms with Crippen LogP contribution in [-0.4, -0.2) is 24.1 Å². The number of carbonyl (C=O) groups excluding carboxylic acids is 2. The number of hydrogen-bond donors (Lipinski definition) is 2. The number of hydrogen-bond acceptors (Lipinski definition) is 3. The number of primary amides is 1. The van der Waals surface area contributed by atoms with Gasteiger partial charge in [0.1, 0.15) is 6.04 Å². The minimum absolute atomic E-state index is 0.489. The minimum Gasteiger partial charge on any atom is -0.368 e. The van der Waals surface area contributed by atoms with Crippen molar-refractivity contribution >= 4 is 24.1 Å². The molecule has 86 valence electrons. The van der Waals surface area contributed by atoms with Gasteiger partial charge in [0.2, 0.25) is 12.3 Å². The summed E-state index contributed by atoms with van der Waals surface area (Å²) < 4.78 is 0. The summed E-state index contributed by atoms with van der Waals surface area (Å²) in [7, 11) is 0. The fourth-order valence-electron chi connectivity index (χ4n) is 1.16. The first-order valence-corrected chi connectivity index (χ1v) is 6.00. The molecule has 1 aromatic carbocycles. The zero-order valence-electron chi connectivity index (χ0n) is 8.76. The van der Waals surface area contributed by atoms with E-state index in [0.717, 1.165) is 5.75 Å². The van der Waals surface area contributed by atoms with Crippen molar-refractivity contribution in [1.29, 1.82) is 0 Å². The second-order valence-corrected chi connectivity index (χ2v) is 4.27. The van der Waals surface area contributed by atoms with Gasteiger partial charge in [-0.15, -0.1) is 0 Å². The standard InChI is InChI=1S/C11H14N2O2S/c12-11(15)10(13-8-14)7-16-6-9-4-2-1-3-5-9/h1-5,8,10H,6-7H2,(H2,12,15)(H,13,14)/t10-/m1/s1. The molecular weight excluding hydrogens is 224 g/mol. The molecule has 0 aliphatic carbocycles. The summed E-state index contributed by atoms with van der Waals surface area (Å²) in [4.78, 5) is 21.1. The first-order valence-electron chi connectivity index (χ1n) is 4.84. The average Bonchev–Trinajstić information content (AvgIpc) is 2.29.